The Morgan fingerprint density at radius 2 is 1.49 bits per heavy atom. The summed E-state index contributed by atoms with van der Waals surface area (Å²) in [5, 5.41) is 22.3. The molecule has 4 amide bonds. The molecule has 0 aromatic heterocycles. The molecule has 4 atom stereocenters. The van der Waals surface area contributed by atoms with Crippen LogP contribution in [0.5, 0.6) is 0 Å². The van der Waals surface area contributed by atoms with E-state index in [4.69, 9.17) is 4.74 Å². The minimum atomic E-state index is -1.27. The highest BCUT2D eigenvalue weighted by molar-refractivity contribution is 5.87. The first-order valence-corrected chi connectivity index (χ1v) is 17.1. The van der Waals surface area contributed by atoms with Gasteiger partial charge in [0.2, 0.25) is 11.8 Å². The topological polar surface area (TPSA) is 146 Å². The van der Waals surface area contributed by atoms with Crippen LogP contribution in [0.3, 0.4) is 0 Å². The van der Waals surface area contributed by atoms with Crippen LogP contribution in [0.15, 0.2) is 54.6 Å². The lowest BCUT2D eigenvalue weighted by Gasteiger charge is -2.28. The molecule has 5 N–H and O–H groups in total. The van der Waals surface area contributed by atoms with Crippen LogP contribution < -0.4 is 21.3 Å². The first-order chi connectivity index (χ1) is 22.5. The number of ether oxygens (including phenoxy) is 1. The summed E-state index contributed by atoms with van der Waals surface area (Å²) < 4.78 is 4.99. The molecule has 0 bridgehead atoms. The summed E-state index contributed by atoms with van der Waals surface area (Å²) in [4.78, 5) is 51.2. The third-order valence-corrected chi connectivity index (χ3v) is 8.78. The number of nitrogens with one attached hydrogen (secondary N) is 4. The molecule has 1 aliphatic carbocycles. The number of hydrogen-bond donors (Lipinski definition) is 5. The van der Waals surface area contributed by atoms with Crippen LogP contribution in [-0.4, -0.2) is 66.8 Å². The molecule has 1 aliphatic rings. The van der Waals surface area contributed by atoms with Gasteiger partial charge in [0.25, 0.3) is 0 Å². The Morgan fingerprint density at radius 3 is 2.13 bits per heavy atom. The van der Waals surface area contributed by atoms with E-state index in [0.29, 0.717) is 24.8 Å². The van der Waals surface area contributed by atoms with Crippen molar-refractivity contribution in [3.63, 3.8) is 0 Å². The number of hydrogen-bond acceptors (Lipinski definition) is 6. The summed E-state index contributed by atoms with van der Waals surface area (Å²) in [5.74, 6) is -0.578. The minimum Gasteiger partial charge on any atom is -0.467 e. The highest BCUT2D eigenvalue weighted by Crippen LogP contribution is 2.27. The Labute approximate surface area is 279 Å². The summed E-state index contributed by atoms with van der Waals surface area (Å²) in [6.45, 7) is 6.23. The average molecular weight is 651 g/mol. The van der Waals surface area contributed by atoms with Crippen molar-refractivity contribution in [3.8, 4) is 0 Å². The van der Waals surface area contributed by atoms with Crippen LogP contribution >= 0.6 is 0 Å². The number of esters is 1. The molecule has 10 nitrogen and oxygen atoms in total. The Morgan fingerprint density at radius 1 is 0.851 bits per heavy atom. The van der Waals surface area contributed by atoms with Crippen molar-refractivity contribution in [1.82, 2.24) is 21.3 Å². The fourth-order valence-electron chi connectivity index (χ4n) is 5.98. The number of aliphatic hydroxyl groups is 1. The Kier molecular flexibility index (Phi) is 15.7. The zero-order valence-corrected chi connectivity index (χ0v) is 28.4. The van der Waals surface area contributed by atoms with Gasteiger partial charge in [-0.3, -0.25) is 9.59 Å². The van der Waals surface area contributed by atoms with E-state index in [9.17, 15) is 24.3 Å². The van der Waals surface area contributed by atoms with Crippen molar-refractivity contribution in [2.75, 3.05) is 13.7 Å². The smallest absolute Gasteiger partial charge is 0.328 e. The second kappa shape index (κ2) is 19.7. The Balaban J connectivity index is 1.68. The first kappa shape index (κ1) is 37.5. The number of methoxy groups -OCH3 is 1. The van der Waals surface area contributed by atoms with Crippen molar-refractivity contribution < 1.29 is 29.0 Å². The van der Waals surface area contributed by atoms with E-state index in [2.05, 4.69) is 47.2 Å². The summed E-state index contributed by atoms with van der Waals surface area (Å²) in [5.41, 5.74) is 3.16. The van der Waals surface area contributed by atoms with Gasteiger partial charge in [-0.05, 0) is 61.1 Å². The normalized spacial score (nSPS) is 16.0. The van der Waals surface area contributed by atoms with Gasteiger partial charge in [0.1, 0.15) is 12.1 Å². The van der Waals surface area contributed by atoms with Gasteiger partial charge < -0.3 is 31.1 Å². The lowest BCUT2D eigenvalue weighted by molar-refractivity contribution is -0.143. The standard InChI is InChI=1S/C37H54N4O6/c1-25(2)19-20-38-35(44)26(3)39-34(43)24-33(42)31(22-30-17-15-29(16-18-30)21-27-11-7-5-8-12-27)40-37(46)41-32(36(45)47-4)23-28-13-9-6-10-14-28/h5,7-8,11-12,15-18,25-26,28,31-33,42H,6,9-10,13-14,19-24H2,1-4H3,(H,38,44)(H,39,43)(H2,40,41,46)/t26-,31-,32-,33-/m0/s1. The maximum absolute atomic E-state index is 13.3. The molecule has 0 heterocycles. The van der Waals surface area contributed by atoms with E-state index in [1.165, 1.54) is 19.1 Å². The third kappa shape index (κ3) is 13.8. The van der Waals surface area contributed by atoms with E-state index < -0.39 is 42.1 Å². The maximum Gasteiger partial charge on any atom is 0.328 e. The van der Waals surface area contributed by atoms with Crippen LogP contribution in [0.4, 0.5) is 4.79 Å². The molecule has 47 heavy (non-hydrogen) atoms. The van der Waals surface area contributed by atoms with Gasteiger partial charge in [-0.15, -0.1) is 0 Å². The molecular weight excluding hydrogens is 596 g/mol. The van der Waals surface area contributed by atoms with Crippen molar-refractivity contribution in [3.05, 3.63) is 71.3 Å². The summed E-state index contributed by atoms with van der Waals surface area (Å²) in [6.07, 6.45) is 6.10. The van der Waals surface area contributed by atoms with Gasteiger partial charge in [-0.2, -0.15) is 0 Å². The van der Waals surface area contributed by atoms with E-state index in [0.717, 1.165) is 49.7 Å². The molecule has 10 heteroatoms. The zero-order chi connectivity index (χ0) is 34.2. The molecule has 2 aromatic rings. The largest absolute Gasteiger partial charge is 0.467 e. The predicted octanol–water partition coefficient (Wildman–Crippen LogP) is 4.42. The van der Waals surface area contributed by atoms with Gasteiger partial charge in [0.05, 0.1) is 25.7 Å². The quantitative estimate of drug-likeness (QED) is 0.160. The third-order valence-electron chi connectivity index (χ3n) is 8.78. The number of amides is 4. The molecule has 1 saturated carbocycles. The van der Waals surface area contributed by atoms with Crippen LogP contribution in [0, 0.1) is 11.8 Å². The van der Waals surface area contributed by atoms with Gasteiger partial charge in [0, 0.05) is 6.54 Å². The fourth-order valence-corrected chi connectivity index (χ4v) is 5.98. The van der Waals surface area contributed by atoms with E-state index in [1.807, 2.05) is 42.5 Å². The molecule has 0 radical (unpaired) electrons. The molecule has 0 saturated heterocycles. The number of carbonyl (C=O) groups excluding carboxylic acids is 4. The van der Waals surface area contributed by atoms with E-state index in [1.54, 1.807) is 6.92 Å². The molecule has 0 unspecified atom stereocenters. The summed E-state index contributed by atoms with van der Waals surface area (Å²) in [6, 6.07) is 14.9. The molecule has 1 fully saturated rings. The van der Waals surface area contributed by atoms with Gasteiger partial charge in [-0.25, -0.2) is 9.59 Å². The van der Waals surface area contributed by atoms with Crippen molar-refractivity contribution in [2.45, 2.75) is 109 Å². The number of urea groups is 1. The van der Waals surface area contributed by atoms with Gasteiger partial charge in [0.15, 0.2) is 0 Å². The first-order valence-electron chi connectivity index (χ1n) is 17.1. The van der Waals surface area contributed by atoms with E-state index >= 15 is 0 Å². The van der Waals surface area contributed by atoms with Gasteiger partial charge >= 0.3 is 12.0 Å². The summed E-state index contributed by atoms with van der Waals surface area (Å²) in [7, 11) is 1.30. The molecule has 3 rings (SSSR count). The Bertz CT molecular complexity index is 1260. The SMILES string of the molecule is COC(=O)[C@H](CC1CCCCC1)NC(=O)N[C@@H](Cc1ccc(Cc2ccccc2)cc1)[C@@H](O)CC(=O)N[C@@H](C)C(=O)NCCC(C)C. The second-order valence-electron chi connectivity index (χ2n) is 13.3. The molecule has 258 valence electrons. The highest BCUT2D eigenvalue weighted by Gasteiger charge is 2.30. The molecule has 2 aromatic carbocycles. The van der Waals surface area contributed by atoms with Gasteiger partial charge in [-0.1, -0.05) is 101 Å². The van der Waals surface area contributed by atoms with Crippen molar-refractivity contribution >= 4 is 23.8 Å². The number of carbonyl (C=O) groups is 4. The molecule has 0 aliphatic heterocycles. The predicted molar refractivity (Wildman–Crippen MR) is 183 cm³/mol. The van der Waals surface area contributed by atoms with E-state index in [-0.39, 0.29) is 18.7 Å². The average Bonchev–Trinajstić information content (AvgIpc) is 3.05. The lowest BCUT2D eigenvalue weighted by Crippen LogP contribution is -2.54. The Hall–Kier alpha value is -3.92. The highest BCUT2D eigenvalue weighted by atomic mass is 16.5. The maximum atomic E-state index is 13.3. The molecular formula is C37H54N4O6. The van der Waals surface area contributed by atoms with Crippen molar-refractivity contribution in [2.24, 2.45) is 11.8 Å². The number of benzene rings is 2. The molecule has 0 spiro atoms. The number of rotatable bonds is 17. The van der Waals surface area contributed by atoms with Crippen molar-refractivity contribution in [1.29, 1.82) is 0 Å². The van der Waals surface area contributed by atoms with Crippen LogP contribution in [0.25, 0.3) is 0 Å². The number of aliphatic hydroxyl groups excluding tert-OH is 1. The van der Waals surface area contributed by atoms with Crippen LogP contribution in [0.2, 0.25) is 0 Å². The minimum absolute atomic E-state index is 0.240. The van der Waals surface area contributed by atoms with Crippen LogP contribution in [-0.2, 0) is 32.0 Å². The summed E-state index contributed by atoms with van der Waals surface area (Å²) >= 11 is 0. The second-order valence-corrected chi connectivity index (χ2v) is 13.3. The fraction of sp³-hybridized carbons (Fsp3) is 0.568. The monoisotopic (exact) mass is 650 g/mol. The zero-order valence-electron chi connectivity index (χ0n) is 28.4. The lowest BCUT2D eigenvalue weighted by atomic mass is 9.85. The van der Waals surface area contributed by atoms with Crippen LogP contribution in [0.1, 0.15) is 88.8 Å².